The Hall–Kier alpha value is -2.77. The summed E-state index contributed by atoms with van der Waals surface area (Å²) in [5.74, 6) is 1.46. The molecule has 27 heavy (non-hydrogen) atoms. The van der Waals surface area contributed by atoms with E-state index in [0.29, 0.717) is 35.6 Å². The van der Waals surface area contributed by atoms with E-state index in [1.807, 2.05) is 42.5 Å². The van der Waals surface area contributed by atoms with Gasteiger partial charge in [-0.1, -0.05) is 23.7 Å². The van der Waals surface area contributed by atoms with Crippen molar-refractivity contribution in [2.45, 2.75) is 6.54 Å². The number of hydrogen-bond donors (Lipinski definition) is 2. The number of fused-ring (bicyclic) bond motifs is 1. The van der Waals surface area contributed by atoms with Gasteiger partial charge < -0.3 is 20.1 Å². The van der Waals surface area contributed by atoms with Crippen LogP contribution in [0.15, 0.2) is 54.9 Å². The lowest BCUT2D eigenvalue weighted by Crippen LogP contribution is -2.20. The standard InChI is InChI=1S/C19H17ClN4O2S/c20-14-10-21-24(12-14)11-13-2-1-3-15(8-13)22-19(27)23-16-4-5-17-18(9-16)26-7-6-25-17/h1-5,8-10,12H,6-7,11H2,(H2,22,23,27). The Kier molecular flexibility index (Phi) is 5.13. The van der Waals surface area contributed by atoms with Crippen molar-refractivity contribution in [3.63, 3.8) is 0 Å². The van der Waals surface area contributed by atoms with Crippen LogP contribution in [0.3, 0.4) is 0 Å². The third-order valence-corrected chi connectivity index (χ3v) is 4.33. The van der Waals surface area contributed by atoms with Crippen molar-refractivity contribution in [2.75, 3.05) is 23.8 Å². The molecule has 2 heterocycles. The van der Waals surface area contributed by atoms with Gasteiger partial charge in [-0.15, -0.1) is 0 Å². The molecule has 0 bridgehead atoms. The van der Waals surface area contributed by atoms with E-state index < -0.39 is 0 Å². The van der Waals surface area contributed by atoms with Crippen molar-refractivity contribution in [1.29, 1.82) is 0 Å². The highest BCUT2D eigenvalue weighted by molar-refractivity contribution is 7.80. The first-order chi connectivity index (χ1) is 13.2. The summed E-state index contributed by atoms with van der Waals surface area (Å²) < 4.78 is 12.9. The van der Waals surface area contributed by atoms with Gasteiger partial charge in [-0.3, -0.25) is 4.68 Å². The van der Waals surface area contributed by atoms with Crippen LogP contribution in [0, 0.1) is 0 Å². The lowest BCUT2D eigenvalue weighted by atomic mass is 10.2. The van der Waals surface area contributed by atoms with Gasteiger partial charge >= 0.3 is 0 Å². The second-order valence-electron chi connectivity index (χ2n) is 5.99. The Balaban J connectivity index is 1.40. The van der Waals surface area contributed by atoms with Gasteiger partial charge in [0.1, 0.15) is 13.2 Å². The summed E-state index contributed by atoms with van der Waals surface area (Å²) in [6.07, 6.45) is 3.41. The van der Waals surface area contributed by atoms with Crippen LogP contribution in [0.1, 0.15) is 5.56 Å². The largest absolute Gasteiger partial charge is 0.486 e. The van der Waals surface area contributed by atoms with E-state index in [4.69, 9.17) is 33.3 Å². The minimum atomic E-state index is 0.492. The molecule has 2 aromatic carbocycles. The van der Waals surface area contributed by atoms with E-state index in [9.17, 15) is 0 Å². The molecule has 0 radical (unpaired) electrons. The maximum atomic E-state index is 5.91. The third-order valence-electron chi connectivity index (χ3n) is 3.93. The molecule has 6 nitrogen and oxygen atoms in total. The summed E-state index contributed by atoms with van der Waals surface area (Å²) in [6, 6.07) is 13.6. The molecule has 1 aliphatic rings. The highest BCUT2D eigenvalue weighted by atomic mass is 35.5. The van der Waals surface area contributed by atoms with Crippen LogP contribution >= 0.6 is 23.8 Å². The molecule has 0 atom stereocenters. The molecule has 1 aromatic heterocycles. The summed E-state index contributed by atoms with van der Waals surface area (Å²) in [5, 5.41) is 11.7. The molecule has 0 fully saturated rings. The van der Waals surface area contributed by atoms with Crippen molar-refractivity contribution < 1.29 is 9.47 Å². The normalized spacial score (nSPS) is 12.5. The number of anilines is 2. The Labute approximate surface area is 167 Å². The highest BCUT2D eigenvalue weighted by Gasteiger charge is 2.12. The lowest BCUT2D eigenvalue weighted by molar-refractivity contribution is 0.171. The molecule has 4 rings (SSSR count). The van der Waals surface area contributed by atoms with Crippen LogP contribution in [-0.2, 0) is 6.54 Å². The van der Waals surface area contributed by atoms with Crippen molar-refractivity contribution in [2.24, 2.45) is 0 Å². The summed E-state index contributed by atoms with van der Waals surface area (Å²) in [4.78, 5) is 0. The molecule has 0 aliphatic carbocycles. The second-order valence-corrected chi connectivity index (χ2v) is 6.84. The Morgan fingerprint density at radius 3 is 2.63 bits per heavy atom. The first-order valence-electron chi connectivity index (χ1n) is 8.40. The van der Waals surface area contributed by atoms with Gasteiger partial charge in [0, 0.05) is 23.6 Å². The average Bonchev–Trinajstić information content (AvgIpc) is 3.06. The first-order valence-corrected chi connectivity index (χ1v) is 9.19. The zero-order chi connectivity index (χ0) is 18.6. The van der Waals surface area contributed by atoms with E-state index >= 15 is 0 Å². The van der Waals surface area contributed by atoms with Crippen molar-refractivity contribution >= 4 is 40.3 Å². The maximum absolute atomic E-state index is 5.91. The van der Waals surface area contributed by atoms with Gasteiger partial charge in [0.25, 0.3) is 0 Å². The molecule has 0 saturated heterocycles. The number of thiocarbonyl (C=S) groups is 1. The molecule has 1 aliphatic heterocycles. The fourth-order valence-electron chi connectivity index (χ4n) is 2.77. The minimum absolute atomic E-state index is 0.492. The van der Waals surface area contributed by atoms with Gasteiger partial charge in [0.05, 0.1) is 17.8 Å². The molecule has 3 aromatic rings. The zero-order valence-corrected chi connectivity index (χ0v) is 15.9. The first kappa shape index (κ1) is 17.6. The van der Waals surface area contributed by atoms with Gasteiger partial charge in [0.15, 0.2) is 16.6 Å². The summed E-state index contributed by atoms with van der Waals surface area (Å²) in [7, 11) is 0. The number of hydrogen-bond acceptors (Lipinski definition) is 4. The van der Waals surface area contributed by atoms with Gasteiger partial charge in [-0.05, 0) is 42.0 Å². The number of benzene rings is 2. The summed E-state index contributed by atoms with van der Waals surface area (Å²) >= 11 is 11.3. The molecule has 0 unspecified atom stereocenters. The smallest absolute Gasteiger partial charge is 0.175 e. The van der Waals surface area contributed by atoms with Crippen LogP contribution in [-0.4, -0.2) is 28.1 Å². The number of halogens is 1. The zero-order valence-electron chi connectivity index (χ0n) is 14.3. The van der Waals surface area contributed by atoms with Crippen molar-refractivity contribution in [3.8, 4) is 11.5 Å². The van der Waals surface area contributed by atoms with E-state index in [-0.39, 0.29) is 0 Å². The van der Waals surface area contributed by atoms with Gasteiger partial charge in [0.2, 0.25) is 0 Å². The number of ether oxygens (including phenoxy) is 2. The number of aromatic nitrogens is 2. The second kappa shape index (κ2) is 7.85. The van der Waals surface area contributed by atoms with Crippen LogP contribution in [0.25, 0.3) is 0 Å². The maximum Gasteiger partial charge on any atom is 0.175 e. The lowest BCUT2D eigenvalue weighted by Gasteiger charge is -2.19. The fourth-order valence-corrected chi connectivity index (χ4v) is 3.17. The Morgan fingerprint density at radius 1 is 1.07 bits per heavy atom. The van der Waals surface area contributed by atoms with E-state index in [1.54, 1.807) is 17.1 Å². The quantitative estimate of drug-likeness (QED) is 0.641. The Bertz CT molecular complexity index is 976. The topological polar surface area (TPSA) is 60.3 Å². The SMILES string of the molecule is S=C(Nc1cccc(Cn2cc(Cl)cn2)c1)Nc1ccc2c(c1)OCCO2. The molecule has 0 saturated carbocycles. The van der Waals surface area contributed by atoms with E-state index in [0.717, 1.165) is 22.7 Å². The van der Waals surface area contributed by atoms with Crippen LogP contribution in [0.2, 0.25) is 5.02 Å². The Morgan fingerprint density at radius 2 is 1.85 bits per heavy atom. The molecular formula is C19H17ClN4O2S. The predicted octanol–water partition coefficient (Wildman–Crippen LogP) is 4.16. The molecule has 8 heteroatoms. The van der Waals surface area contributed by atoms with Crippen LogP contribution in [0.5, 0.6) is 11.5 Å². The molecule has 138 valence electrons. The molecule has 2 N–H and O–H groups in total. The fraction of sp³-hybridized carbons (Fsp3) is 0.158. The predicted molar refractivity (Wildman–Crippen MR) is 110 cm³/mol. The van der Waals surface area contributed by atoms with Crippen LogP contribution in [0.4, 0.5) is 11.4 Å². The summed E-state index contributed by atoms with van der Waals surface area (Å²) in [5.41, 5.74) is 2.81. The highest BCUT2D eigenvalue weighted by Crippen LogP contribution is 2.32. The number of rotatable bonds is 4. The third kappa shape index (κ3) is 4.50. The number of nitrogens with one attached hydrogen (secondary N) is 2. The number of nitrogens with zero attached hydrogens (tertiary/aromatic N) is 2. The minimum Gasteiger partial charge on any atom is -0.486 e. The average molecular weight is 401 g/mol. The molecule has 0 amide bonds. The van der Waals surface area contributed by atoms with E-state index in [2.05, 4.69) is 15.7 Å². The van der Waals surface area contributed by atoms with Crippen molar-refractivity contribution in [1.82, 2.24) is 9.78 Å². The van der Waals surface area contributed by atoms with E-state index in [1.165, 1.54) is 0 Å². The van der Waals surface area contributed by atoms with Gasteiger partial charge in [-0.25, -0.2) is 0 Å². The summed E-state index contributed by atoms with van der Waals surface area (Å²) in [6.45, 7) is 1.75. The van der Waals surface area contributed by atoms with Gasteiger partial charge in [-0.2, -0.15) is 5.10 Å². The monoisotopic (exact) mass is 400 g/mol. The van der Waals surface area contributed by atoms with Crippen LogP contribution < -0.4 is 20.1 Å². The van der Waals surface area contributed by atoms with Crippen molar-refractivity contribution in [3.05, 3.63) is 65.4 Å². The molecule has 0 spiro atoms. The molecular weight excluding hydrogens is 384 g/mol.